The van der Waals surface area contributed by atoms with Crippen LogP contribution in [0.1, 0.15) is 38.5 Å². The van der Waals surface area contributed by atoms with Crippen molar-refractivity contribution < 1.29 is 13.5 Å². The highest BCUT2D eigenvalue weighted by atomic mass is 32.2. The Balaban J connectivity index is 2.04. The Morgan fingerprint density at radius 1 is 1.38 bits per heavy atom. The minimum Gasteiger partial charge on any atom is -0.392 e. The molecule has 0 amide bonds. The van der Waals surface area contributed by atoms with Gasteiger partial charge in [0.2, 0.25) is 0 Å². The fourth-order valence-electron chi connectivity index (χ4n) is 1.97. The number of hydrogen-bond acceptors (Lipinski definition) is 4. The summed E-state index contributed by atoms with van der Waals surface area (Å²) in [7, 11) is -2.87. The first-order valence-corrected chi connectivity index (χ1v) is 9.06. The van der Waals surface area contributed by atoms with Crippen LogP contribution in [0.3, 0.4) is 0 Å². The van der Waals surface area contributed by atoms with Gasteiger partial charge in [0.1, 0.15) is 9.84 Å². The van der Waals surface area contributed by atoms with Gasteiger partial charge in [-0.05, 0) is 25.7 Å². The Kier molecular flexibility index (Phi) is 6.15. The Bertz CT molecular complexity index is 282. The van der Waals surface area contributed by atoms with Gasteiger partial charge in [-0.25, -0.2) is 8.42 Å². The van der Waals surface area contributed by atoms with Crippen LogP contribution in [0.2, 0.25) is 0 Å². The van der Waals surface area contributed by atoms with Crippen molar-refractivity contribution in [2.24, 2.45) is 0 Å². The van der Waals surface area contributed by atoms with Gasteiger partial charge in [0.15, 0.2) is 0 Å². The van der Waals surface area contributed by atoms with Gasteiger partial charge in [-0.1, -0.05) is 12.8 Å². The van der Waals surface area contributed by atoms with Crippen LogP contribution in [-0.2, 0) is 9.84 Å². The van der Waals surface area contributed by atoms with Crippen LogP contribution >= 0.6 is 11.8 Å². The average Bonchev–Trinajstić information content (AvgIpc) is 2.65. The van der Waals surface area contributed by atoms with E-state index in [9.17, 15) is 13.5 Å². The molecule has 0 aromatic rings. The summed E-state index contributed by atoms with van der Waals surface area (Å²) in [6, 6.07) is 0. The van der Waals surface area contributed by atoms with Crippen LogP contribution in [0.5, 0.6) is 0 Å². The molecule has 16 heavy (non-hydrogen) atoms. The number of thioether (sulfide) groups is 1. The van der Waals surface area contributed by atoms with E-state index < -0.39 is 9.84 Å². The van der Waals surface area contributed by atoms with Gasteiger partial charge < -0.3 is 5.11 Å². The van der Waals surface area contributed by atoms with Crippen LogP contribution in [0.25, 0.3) is 0 Å². The van der Waals surface area contributed by atoms with Crippen LogP contribution in [0.15, 0.2) is 0 Å². The summed E-state index contributed by atoms with van der Waals surface area (Å²) in [5.41, 5.74) is 0. The van der Waals surface area contributed by atoms with Gasteiger partial charge in [0.25, 0.3) is 0 Å². The highest BCUT2D eigenvalue weighted by Gasteiger charge is 2.17. The van der Waals surface area contributed by atoms with Gasteiger partial charge in [0, 0.05) is 23.0 Å². The monoisotopic (exact) mass is 266 g/mol. The summed E-state index contributed by atoms with van der Waals surface area (Å²) in [6.45, 7) is 0. The van der Waals surface area contributed by atoms with Crippen molar-refractivity contribution in [3.05, 3.63) is 0 Å². The summed E-state index contributed by atoms with van der Waals surface area (Å²) < 4.78 is 21.8. The second-order valence-electron chi connectivity index (χ2n) is 4.67. The maximum absolute atomic E-state index is 10.9. The number of hydrogen-bond donors (Lipinski definition) is 1. The second kappa shape index (κ2) is 6.87. The van der Waals surface area contributed by atoms with E-state index in [4.69, 9.17) is 0 Å². The Morgan fingerprint density at radius 3 is 2.56 bits per heavy atom. The van der Waals surface area contributed by atoms with Crippen molar-refractivity contribution in [3.8, 4) is 0 Å². The lowest BCUT2D eigenvalue weighted by molar-refractivity contribution is 0.188. The molecule has 1 rings (SSSR count). The fraction of sp³-hybridized carbons (Fsp3) is 1.00. The van der Waals surface area contributed by atoms with Crippen molar-refractivity contribution in [1.82, 2.24) is 0 Å². The van der Waals surface area contributed by atoms with Crippen molar-refractivity contribution in [1.29, 1.82) is 0 Å². The zero-order chi connectivity index (χ0) is 12.0. The van der Waals surface area contributed by atoms with Crippen molar-refractivity contribution in [2.75, 3.05) is 17.8 Å². The number of rotatable bonds is 7. The van der Waals surface area contributed by atoms with E-state index in [-0.39, 0.29) is 11.9 Å². The minimum atomic E-state index is -2.87. The molecule has 0 aliphatic heterocycles. The maximum Gasteiger partial charge on any atom is 0.147 e. The SMILES string of the molecule is CS(=O)(=O)CCCC(O)CSC1CCCC1. The molecule has 1 atom stereocenters. The quantitative estimate of drug-likeness (QED) is 0.764. The van der Waals surface area contributed by atoms with E-state index in [2.05, 4.69) is 0 Å². The van der Waals surface area contributed by atoms with E-state index >= 15 is 0 Å². The molecule has 0 saturated heterocycles. The molecule has 3 nitrogen and oxygen atoms in total. The molecule has 96 valence electrons. The summed E-state index contributed by atoms with van der Waals surface area (Å²) in [5, 5.41) is 10.4. The van der Waals surface area contributed by atoms with Crippen molar-refractivity contribution in [3.63, 3.8) is 0 Å². The van der Waals surface area contributed by atoms with E-state index in [0.717, 1.165) is 11.0 Å². The third-order valence-corrected chi connectivity index (χ3v) is 5.43. The van der Waals surface area contributed by atoms with Crippen LogP contribution in [0.4, 0.5) is 0 Å². The lowest BCUT2D eigenvalue weighted by Crippen LogP contribution is -2.14. The maximum atomic E-state index is 10.9. The predicted molar refractivity (Wildman–Crippen MR) is 69.7 cm³/mol. The Labute approximate surface area is 103 Å². The molecule has 1 aliphatic carbocycles. The zero-order valence-electron chi connectivity index (χ0n) is 9.89. The van der Waals surface area contributed by atoms with Crippen LogP contribution < -0.4 is 0 Å². The van der Waals surface area contributed by atoms with E-state index in [0.29, 0.717) is 12.8 Å². The second-order valence-corrected chi connectivity index (χ2v) is 8.26. The van der Waals surface area contributed by atoms with Gasteiger partial charge >= 0.3 is 0 Å². The molecule has 1 fully saturated rings. The molecule has 1 aliphatic rings. The van der Waals surface area contributed by atoms with Gasteiger partial charge in [-0.2, -0.15) is 11.8 Å². The molecule has 1 N–H and O–H groups in total. The molecule has 1 saturated carbocycles. The Morgan fingerprint density at radius 2 is 2.00 bits per heavy atom. The molecule has 5 heteroatoms. The molecule has 0 bridgehead atoms. The van der Waals surface area contributed by atoms with E-state index in [1.807, 2.05) is 11.8 Å². The minimum absolute atomic E-state index is 0.193. The lowest BCUT2D eigenvalue weighted by Gasteiger charge is -2.13. The zero-order valence-corrected chi connectivity index (χ0v) is 11.5. The first-order valence-electron chi connectivity index (χ1n) is 5.95. The third kappa shape index (κ3) is 6.76. The van der Waals surface area contributed by atoms with Crippen LogP contribution in [-0.4, -0.2) is 42.6 Å². The topological polar surface area (TPSA) is 54.4 Å². The molecule has 0 spiro atoms. The molecule has 0 aromatic carbocycles. The van der Waals surface area contributed by atoms with Gasteiger partial charge in [0.05, 0.1) is 6.10 Å². The average molecular weight is 266 g/mol. The van der Waals surface area contributed by atoms with Gasteiger partial charge in [-0.3, -0.25) is 0 Å². The summed E-state index contributed by atoms with van der Waals surface area (Å²) in [4.78, 5) is 0. The summed E-state index contributed by atoms with van der Waals surface area (Å²) in [5.74, 6) is 0.951. The molecular weight excluding hydrogens is 244 g/mol. The smallest absolute Gasteiger partial charge is 0.147 e. The highest BCUT2D eigenvalue weighted by molar-refractivity contribution is 7.99. The molecule has 0 heterocycles. The van der Waals surface area contributed by atoms with Crippen LogP contribution in [0, 0.1) is 0 Å². The normalized spacial score (nSPS) is 20.1. The largest absolute Gasteiger partial charge is 0.392 e. The molecule has 0 aromatic heterocycles. The fourth-order valence-corrected chi connectivity index (χ4v) is 3.99. The van der Waals surface area contributed by atoms with E-state index in [1.54, 1.807) is 0 Å². The number of aliphatic hydroxyl groups is 1. The third-order valence-electron chi connectivity index (χ3n) is 2.88. The highest BCUT2D eigenvalue weighted by Crippen LogP contribution is 2.30. The predicted octanol–water partition coefficient (Wildman–Crippen LogP) is 1.85. The number of sulfone groups is 1. The van der Waals surface area contributed by atoms with Gasteiger partial charge in [-0.15, -0.1) is 0 Å². The first-order chi connectivity index (χ1) is 7.47. The lowest BCUT2D eigenvalue weighted by atomic mass is 10.2. The van der Waals surface area contributed by atoms with E-state index in [1.165, 1.54) is 31.9 Å². The summed E-state index contributed by atoms with van der Waals surface area (Å²) >= 11 is 1.85. The Hall–Kier alpha value is 0.260. The summed E-state index contributed by atoms with van der Waals surface area (Å²) in [6.07, 6.45) is 7.28. The molecule has 0 radical (unpaired) electrons. The van der Waals surface area contributed by atoms with Crippen molar-refractivity contribution in [2.45, 2.75) is 49.9 Å². The molecule has 1 unspecified atom stereocenters. The molecular formula is C11H22O3S2. The first kappa shape index (κ1) is 14.3. The number of aliphatic hydroxyl groups excluding tert-OH is 1. The van der Waals surface area contributed by atoms with Crippen molar-refractivity contribution >= 4 is 21.6 Å². The standard InChI is InChI=1S/C11H22O3S2/c1-16(13,14)8-4-5-10(12)9-15-11-6-2-3-7-11/h10-12H,2-9H2,1H3.